The van der Waals surface area contributed by atoms with Gasteiger partial charge >= 0.3 is 0 Å². The molecule has 0 aliphatic heterocycles. The van der Waals surface area contributed by atoms with Crippen LogP contribution in [0.5, 0.6) is 0 Å². The van der Waals surface area contributed by atoms with E-state index in [0.29, 0.717) is 0 Å². The summed E-state index contributed by atoms with van der Waals surface area (Å²) in [5.41, 5.74) is 3.02. The number of benzene rings is 2. The van der Waals surface area contributed by atoms with E-state index in [-0.39, 0.29) is 42.6 Å². The predicted molar refractivity (Wildman–Crippen MR) is 128 cm³/mol. The van der Waals surface area contributed by atoms with Crippen molar-refractivity contribution >= 4 is 11.9 Å². The van der Waals surface area contributed by atoms with E-state index in [2.05, 4.69) is 70.8 Å². The van der Waals surface area contributed by atoms with E-state index in [1.807, 2.05) is 54.6 Å². The van der Waals surface area contributed by atoms with Gasteiger partial charge < -0.3 is 5.11 Å². The summed E-state index contributed by atoms with van der Waals surface area (Å²) in [6.07, 6.45) is 6.70. The summed E-state index contributed by atoms with van der Waals surface area (Å²) in [5, 5.41) is 10.9. The monoisotopic (exact) mass is 446 g/mol. The van der Waals surface area contributed by atoms with Crippen LogP contribution in [0.15, 0.2) is 82.9 Å². The molecule has 1 N–H and O–H groups in total. The smallest absolute Gasteiger partial charge is 0.0872 e. The Kier molecular flexibility index (Phi) is 11.0. The van der Waals surface area contributed by atoms with Gasteiger partial charge in [-0.1, -0.05) is 53.7 Å². The maximum Gasteiger partial charge on any atom is 0.0872 e. The first-order valence-corrected chi connectivity index (χ1v) is 10.7. The van der Waals surface area contributed by atoms with Crippen LogP contribution in [0.4, 0.5) is 5.69 Å². The molecule has 2 aromatic carbocycles. The Morgan fingerprint density at radius 2 is 1.65 bits per heavy atom. The average Bonchev–Trinajstić information content (AvgIpc) is 2.74. The third-order valence-electron chi connectivity index (χ3n) is 5.68. The normalized spacial score (nSPS) is 18.9. The molecule has 2 atom stereocenters. The first kappa shape index (κ1) is 27.5. The van der Waals surface area contributed by atoms with Gasteiger partial charge in [0.2, 0.25) is 0 Å². The number of aliphatic hydroxyl groups excluding tert-OH is 1. The van der Waals surface area contributed by atoms with Crippen molar-refractivity contribution in [2.45, 2.75) is 54.1 Å². The Morgan fingerprint density at radius 1 is 1.00 bits per heavy atom. The molecule has 0 bridgehead atoms. The van der Waals surface area contributed by atoms with Crippen LogP contribution in [0.25, 0.3) is 0 Å². The summed E-state index contributed by atoms with van der Waals surface area (Å²) < 4.78 is 0. The van der Waals surface area contributed by atoms with E-state index < -0.39 is 6.10 Å². The molecule has 0 fully saturated rings. The molecule has 0 heterocycles. The van der Waals surface area contributed by atoms with Crippen LogP contribution < -0.4 is 0 Å². The summed E-state index contributed by atoms with van der Waals surface area (Å²) in [4.78, 5) is 4.50. The maximum absolute atomic E-state index is 10.9. The molecule has 1 aliphatic carbocycles. The number of para-hydroxylation sites is 1. The number of aliphatic hydroxyl groups is 1. The molecule has 0 amide bonds. The largest absolute Gasteiger partial charge is 0.388 e. The number of aliphatic imine (C=N–C) groups is 1. The maximum atomic E-state index is 10.9. The minimum absolute atomic E-state index is 0. The average molecular weight is 447 g/mol. The Morgan fingerprint density at radius 3 is 2.10 bits per heavy atom. The van der Waals surface area contributed by atoms with Crippen LogP contribution in [0, 0.1) is 28.9 Å². The molecule has 0 saturated heterocycles. The van der Waals surface area contributed by atoms with Gasteiger partial charge in [0.05, 0.1) is 6.10 Å². The first-order valence-electron chi connectivity index (χ1n) is 10.7. The molecule has 2 unspecified atom stereocenters. The van der Waals surface area contributed by atoms with Crippen molar-refractivity contribution in [3.63, 3.8) is 0 Å². The SMILES string of the molecule is CCC(C)(C)C1=CC(C(C)(C)C)C(O)C(C=Nc2[c-]cccc2)=C1.[Sc].[c-]1ccccc1. The molecular weight excluding hydrogens is 411 g/mol. The van der Waals surface area contributed by atoms with Crippen LogP contribution in [0.3, 0.4) is 0 Å². The Balaban J connectivity index is 0.000000591. The van der Waals surface area contributed by atoms with Gasteiger partial charge in [-0.25, -0.2) is 0 Å². The summed E-state index contributed by atoms with van der Waals surface area (Å²) >= 11 is 0. The molecule has 31 heavy (non-hydrogen) atoms. The van der Waals surface area contributed by atoms with Crippen LogP contribution in [-0.4, -0.2) is 17.4 Å². The summed E-state index contributed by atoms with van der Waals surface area (Å²) in [6.45, 7) is 13.3. The van der Waals surface area contributed by atoms with Crippen molar-refractivity contribution in [1.82, 2.24) is 0 Å². The number of hydrogen-bond donors (Lipinski definition) is 1. The Hall–Kier alpha value is -1.58. The van der Waals surface area contributed by atoms with Crippen molar-refractivity contribution < 1.29 is 30.9 Å². The molecule has 0 spiro atoms. The van der Waals surface area contributed by atoms with Crippen LogP contribution in [0.1, 0.15) is 48.0 Å². The van der Waals surface area contributed by atoms with E-state index >= 15 is 0 Å². The fourth-order valence-corrected chi connectivity index (χ4v) is 3.22. The molecule has 1 radical (unpaired) electrons. The van der Waals surface area contributed by atoms with Crippen molar-refractivity contribution in [1.29, 1.82) is 0 Å². The molecule has 0 aromatic heterocycles. The Bertz CT molecular complexity index is 834. The molecule has 163 valence electrons. The van der Waals surface area contributed by atoms with E-state index in [1.165, 1.54) is 5.57 Å². The van der Waals surface area contributed by atoms with E-state index in [4.69, 9.17) is 0 Å². The van der Waals surface area contributed by atoms with E-state index in [0.717, 1.165) is 17.7 Å². The van der Waals surface area contributed by atoms with E-state index in [1.54, 1.807) is 6.21 Å². The van der Waals surface area contributed by atoms with Gasteiger partial charge in [0.25, 0.3) is 0 Å². The van der Waals surface area contributed by atoms with Gasteiger partial charge in [-0.3, -0.25) is 4.99 Å². The minimum Gasteiger partial charge on any atom is -0.388 e. The van der Waals surface area contributed by atoms with Crippen molar-refractivity contribution in [3.05, 3.63) is 90.0 Å². The molecule has 3 heteroatoms. The van der Waals surface area contributed by atoms with Crippen molar-refractivity contribution in [3.8, 4) is 0 Å². The first-order chi connectivity index (χ1) is 14.1. The van der Waals surface area contributed by atoms with Crippen LogP contribution >= 0.6 is 0 Å². The quantitative estimate of drug-likeness (QED) is 0.398. The Labute approximate surface area is 208 Å². The van der Waals surface area contributed by atoms with Gasteiger partial charge in [0.15, 0.2) is 0 Å². The summed E-state index contributed by atoms with van der Waals surface area (Å²) in [5.74, 6) is 0.0736. The van der Waals surface area contributed by atoms with Gasteiger partial charge in [-0.2, -0.15) is 60.7 Å². The third-order valence-corrected chi connectivity index (χ3v) is 5.68. The topological polar surface area (TPSA) is 32.6 Å². The summed E-state index contributed by atoms with van der Waals surface area (Å²) in [7, 11) is 0. The van der Waals surface area contributed by atoms with Gasteiger partial charge in [0, 0.05) is 38.0 Å². The zero-order valence-corrected chi connectivity index (χ0v) is 21.6. The molecular formula is C28H35NOSc-2. The molecule has 2 nitrogen and oxygen atoms in total. The fourth-order valence-electron chi connectivity index (χ4n) is 3.22. The second-order valence-electron chi connectivity index (χ2n) is 9.42. The second-order valence-corrected chi connectivity index (χ2v) is 9.42. The fraction of sp³-hybridized carbons (Fsp3) is 0.393. The molecule has 2 aromatic rings. The van der Waals surface area contributed by atoms with E-state index in [9.17, 15) is 5.11 Å². The van der Waals surface area contributed by atoms with Crippen molar-refractivity contribution in [2.75, 3.05) is 0 Å². The van der Waals surface area contributed by atoms with Gasteiger partial charge in [0.1, 0.15) is 0 Å². The third kappa shape index (κ3) is 8.46. The predicted octanol–water partition coefficient (Wildman–Crippen LogP) is 7.00. The zero-order valence-electron chi connectivity index (χ0n) is 19.8. The van der Waals surface area contributed by atoms with Gasteiger partial charge in [-0.05, 0) is 34.1 Å². The number of hydrogen-bond acceptors (Lipinski definition) is 2. The van der Waals surface area contributed by atoms with Crippen LogP contribution in [-0.2, 0) is 25.8 Å². The second kappa shape index (κ2) is 12.5. The van der Waals surface area contributed by atoms with Gasteiger partial charge in [-0.15, -0.1) is 6.07 Å². The number of nitrogens with zero attached hydrogens (tertiary/aromatic N) is 1. The number of allylic oxidation sites excluding steroid dienone is 2. The minimum atomic E-state index is -0.533. The molecule has 0 saturated carbocycles. The number of rotatable bonds is 4. The molecule has 1 aliphatic rings. The van der Waals surface area contributed by atoms with Crippen LogP contribution in [0.2, 0.25) is 0 Å². The summed E-state index contributed by atoms with van der Waals surface area (Å²) in [6, 6.07) is 23.2. The zero-order chi connectivity index (χ0) is 22.2. The van der Waals surface area contributed by atoms with Crippen molar-refractivity contribution in [2.24, 2.45) is 21.7 Å². The standard InChI is InChI=1S/C22H30NO.C6H5.Sc/c1-7-22(5,6)17-13-16(15-23-18-11-9-8-10-12-18)20(24)19(14-17)21(2,3)4;1-2-4-6-5-3-1;/h8-11,13-15,19-20,24H,7H2,1-6H3;1-5H;/q2*-1;. The molecule has 3 rings (SSSR count).